The zero-order valence-corrected chi connectivity index (χ0v) is 27.2. The second-order valence-corrected chi connectivity index (χ2v) is 17.3. The summed E-state index contributed by atoms with van der Waals surface area (Å²) in [6.07, 6.45) is -4.87. The van der Waals surface area contributed by atoms with Gasteiger partial charge in [0.05, 0.1) is 23.1 Å². The number of nitrogens with one attached hydrogen (secondary N) is 2. The number of halogens is 4. The molecule has 5 aromatic rings. The van der Waals surface area contributed by atoms with Crippen molar-refractivity contribution in [3.8, 4) is 11.1 Å². The lowest BCUT2D eigenvalue weighted by atomic mass is 9.97. The number of thioether (sulfide) groups is 1. The van der Waals surface area contributed by atoms with Crippen LogP contribution in [0.5, 0.6) is 0 Å². The Balaban J connectivity index is 1.57. The number of rotatable bonds is 9. The molecular formula is C34H33F4N3O3SSi. The minimum atomic E-state index is -4.87. The number of aromatic amines is 2. The molecule has 6 nitrogen and oxygen atoms in total. The van der Waals surface area contributed by atoms with E-state index in [1.807, 2.05) is 65.6 Å². The third kappa shape index (κ3) is 6.61. The van der Waals surface area contributed by atoms with Gasteiger partial charge in [0.1, 0.15) is 5.82 Å². The Kier molecular flexibility index (Phi) is 9.46. The lowest BCUT2D eigenvalue weighted by molar-refractivity contribution is -0.137. The second kappa shape index (κ2) is 13.0. The molecule has 0 unspecified atom stereocenters. The van der Waals surface area contributed by atoms with Crippen molar-refractivity contribution in [2.75, 3.05) is 12.4 Å². The maximum absolute atomic E-state index is 14.5. The van der Waals surface area contributed by atoms with E-state index in [1.165, 1.54) is 12.1 Å². The van der Waals surface area contributed by atoms with Crippen LogP contribution < -0.4 is 27.4 Å². The van der Waals surface area contributed by atoms with Crippen molar-refractivity contribution in [2.45, 2.75) is 42.9 Å². The van der Waals surface area contributed by atoms with Gasteiger partial charge in [-0.2, -0.15) is 13.2 Å². The number of nitrogens with two attached hydrogens (primary N) is 1. The first-order chi connectivity index (χ1) is 21.7. The summed E-state index contributed by atoms with van der Waals surface area (Å²) in [7, 11) is -2.95. The van der Waals surface area contributed by atoms with Crippen molar-refractivity contribution in [3.05, 3.63) is 123 Å². The third-order valence-electron chi connectivity index (χ3n) is 7.80. The molecular weight excluding hydrogens is 635 g/mol. The number of fused-ring (bicyclic) bond motifs is 1. The Morgan fingerprint density at radius 3 is 1.96 bits per heavy atom. The summed E-state index contributed by atoms with van der Waals surface area (Å²) in [5.41, 5.74) is 3.42. The van der Waals surface area contributed by atoms with E-state index in [-0.39, 0.29) is 44.3 Å². The van der Waals surface area contributed by atoms with E-state index < -0.39 is 43.2 Å². The van der Waals surface area contributed by atoms with E-state index in [9.17, 15) is 27.2 Å². The van der Waals surface area contributed by atoms with Crippen LogP contribution >= 0.6 is 11.8 Å². The molecule has 12 heteroatoms. The molecule has 4 N–H and O–H groups in total. The van der Waals surface area contributed by atoms with Gasteiger partial charge < -0.3 is 15.1 Å². The Labute approximate surface area is 268 Å². The number of benzene rings is 4. The molecule has 1 aromatic heterocycles. The van der Waals surface area contributed by atoms with E-state index >= 15 is 0 Å². The monoisotopic (exact) mass is 667 g/mol. The second-order valence-electron chi connectivity index (χ2n) is 12.0. The Morgan fingerprint density at radius 2 is 1.43 bits per heavy atom. The van der Waals surface area contributed by atoms with Crippen molar-refractivity contribution in [2.24, 2.45) is 5.73 Å². The van der Waals surface area contributed by atoms with Crippen LogP contribution in [0.25, 0.3) is 22.0 Å². The summed E-state index contributed by atoms with van der Waals surface area (Å²) in [6, 6.07) is 24.5. The maximum atomic E-state index is 14.5. The molecule has 1 atom stereocenters. The van der Waals surface area contributed by atoms with Gasteiger partial charge in [-0.1, -0.05) is 93.6 Å². The first kappa shape index (κ1) is 33.4. The minimum absolute atomic E-state index is 0.000492. The molecule has 1 heterocycles. The highest BCUT2D eigenvalue weighted by atomic mass is 32.2. The first-order valence-corrected chi connectivity index (χ1v) is 17.4. The third-order valence-corrected chi connectivity index (χ3v) is 14.1. The minimum Gasteiger partial charge on any atom is -0.406 e. The van der Waals surface area contributed by atoms with Crippen LogP contribution in [0.4, 0.5) is 17.6 Å². The lowest BCUT2D eigenvalue weighted by Crippen LogP contribution is -2.67. The summed E-state index contributed by atoms with van der Waals surface area (Å²) < 4.78 is 64.3. The first-order valence-electron chi connectivity index (χ1n) is 14.5. The molecule has 0 aliphatic rings. The average Bonchev–Trinajstić information content (AvgIpc) is 3.00. The van der Waals surface area contributed by atoms with Gasteiger partial charge in [0.25, 0.3) is 13.9 Å². The fraction of sp³-hybridized carbons (Fsp3) is 0.235. The van der Waals surface area contributed by atoms with E-state index in [2.05, 4.69) is 25.8 Å². The van der Waals surface area contributed by atoms with Crippen molar-refractivity contribution < 1.29 is 22.0 Å². The predicted molar refractivity (Wildman–Crippen MR) is 178 cm³/mol. The summed E-state index contributed by atoms with van der Waals surface area (Å²) in [6.45, 7) is 6.45. The Hall–Kier alpha value is -3.97. The van der Waals surface area contributed by atoms with Crippen molar-refractivity contribution >= 4 is 41.4 Å². The molecule has 0 aliphatic carbocycles. The van der Waals surface area contributed by atoms with Gasteiger partial charge in [-0.05, 0) is 39.2 Å². The molecule has 0 saturated heterocycles. The molecule has 5 rings (SSSR count). The van der Waals surface area contributed by atoms with Crippen molar-refractivity contribution in [1.29, 1.82) is 0 Å². The van der Waals surface area contributed by atoms with Gasteiger partial charge in [-0.3, -0.25) is 9.78 Å². The summed E-state index contributed by atoms with van der Waals surface area (Å²) in [5, 5.41) is 1.44. The fourth-order valence-electron chi connectivity index (χ4n) is 5.78. The highest BCUT2D eigenvalue weighted by molar-refractivity contribution is 7.99. The molecule has 0 spiro atoms. The molecule has 240 valence electrons. The SMILES string of the molecule is CC(C)(C)[Si](OC[C@H](N)CSc1c(-c2ccc(F)cc2)c(C(F)(F)F)cc2c(=O)[nH]c(=O)[nH]c12)(c1ccccc1)c1ccccc1. The average molecular weight is 668 g/mol. The predicted octanol–water partition coefficient (Wildman–Crippen LogP) is 6.04. The van der Waals surface area contributed by atoms with Crippen molar-refractivity contribution in [3.63, 3.8) is 0 Å². The van der Waals surface area contributed by atoms with Gasteiger partial charge in [0.15, 0.2) is 0 Å². The molecule has 4 aromatic carbocycles. The fourth-order valence-corrected chi connectivity index (χ4v) is 11.6. The molecule has 0 fully saturated rings. The largest absolute Gasteiger partial charge is 0.417 e. The van der Waals surface area contributed by atoms with Crippen LogP contribution in [0.15, 0.2) is 105 Å². The number of alkyl halides is 3. The van der Waals surface area contributed by atoms with E-state index in [0.29, 0.717) is 6.07 Å². The number of hydrogen-bond acceptors (Lipinski definition) is 5. The summed E-state index contributed by atoms with van der Waals surface area (Å²) in [4.78, 5) is 29.5. The topological polar surface area (TPSA) is 101 Å². The Morgan fingerprint density at radius 1 is 0.870 bits per heavy atom. The van der Waals surface area contributed by atoms with Gasteiger partial charge >= 0.3 is 11.9 Å². The summed E-state index contributed by atoms with van der Waals surface area (Å²) in [5.74, 6) is -0.544. The van der Waals surface area contributed by atoms with E-state index in [1.54, 1.807) is 0 Å². The molecule has 0 aliphatic heterocycles. The van der Waals surface area contributed by atoms with E-state index in [0.717, 1.165) is 34.3 Å². The van der Waals surface area contributed by atoms with Gasteiger partial charge in [-0.25, -0.2) is 9.18 Å². The Bertz CT molecular complexity index is 1900. The smallest absolute Gasteiger partial charge is 0.406 e. The zero-order chi connectivity index (χ0) is 33.3. The molecule has 0 amide bonds. The van der Waals surface area contributed by atoms with Crippen molar-refractivity contribution in [1.82, 2.24) is 9.97 Å². The maximum Gasteiger partial charge on any atom is 0.417 e. The number of hydrogen-bond donors (Lipinski definition) is 3. The van der Waals surface area contributed by atoms with Crippen LogP contribution in [0.2, 0.25) is 5.04 Å². The van der Waals surface area contributed by atoms with Crippen LogP contribution in [-0.4, -0.2) is 36.7 Å². The highest BCUT2D eigenvalue weighted by Crippen LogP contribution is 2.45. The quantitative estimate of drug-likeness (QED) is 0.101. The normalized spacial score (nSPS) is 13.2. The number of aromatic nitrogens is 2. The molecule has 46 heavy (non-hydrogen) atoms. The van der Waals surface area contributed by atoms with E-state index in [4.69, 9.17) is 10.2 Å². The standard InChI is InChI=1S/C34H33F4N3O3SSi/c1-33(2,3)46(24-10-6-4-7-11-24,25-12-8-5-9-13-25)44-19-23(39)20-45-30-28(21-14-16-22(35)17-15-21)27(34(36,37)38)18-26-29(30)40-32(43)41-31(26)42/h4-18,23H,19-20,39H2,1-3H3,(H2,40,41,42,43)/t23-/m0/s1. The molecule has 0 saturated carbocycles. The highest BCUT2D eigenvalue weighted by Gasteiger charge is 2.50. The molecule has 0 bridgehead atoms. The lowest BCUT2D eigenvalue weighted by Gasteiger charge is -2.43. The molecule has 0 radical (unpaired) electrons. The van der Waals surface area contributed by atoms with Crippen LogP contribution in [0.3, 0.4) is 0 Å². The van der Waals surface area contributed by atoms with Crippen LogP contribution in [0.1, 0.15) is 26.3 Å². The van der Waals surface area contributed by atoms with Gasteiger partial charge in [0, 0.05) is 22.3 Å². The van der Waals surface area contributed by atoms with Gasteiger partial charge in [-0.15, -0.1) is 11.8 Å². The van der Waals surface area contributed by atoms with Crippen LogP contribution in [0, 0.1) is 5.82 Å². The van der Waals surface area contributed by atoms with Gasteiger partial charge in [0.2, 0.25) is 0 Å². The van der Waals surface area contributed by atoms with Crippen LogP contribution in [-0.2, 0) is 10.6 Å². The number of H-pyrrole nitrogens is 2. The zero-order valence-electron chi connectivity index (χ0n) is 25.4. The summed E-state index contributed by atoms with van der Waals surface area (Å²) >= 11 is 0.975.